The van der Waals surface area contributed by atoms with Crippen LogP contribution < -0.4 is 0 Å². The van der Waals surface area contributed by atoms with Crippen LogP contribution in [0.3, 0.4) is 0 Å². The molecule has 0 radical (unpaired) electrons. The number of benzene rings is 1. The van der Waals surface area contributed by atoms with Crippen molar-refractivity contribution in [2.75, 3.05) is 6.23 Å². The van der Waals surface area contributed by atoms with Crippen LogP contribution in [0.15, 0.2) is 30.3 Å². The van der Waals surface area contributed by atoms with Crippen LogP contribution in [0, 0.1) is 0 Å². The number of hydrogen-bond acceptors (Lipinski definition) is 2. The third-order valence-electron chi connectivity index (χ3n) is 2.28. The second-order valence-corrected chi connectivity index (χ2v) is 3.85. The Kier molecular flexibility index (Phi) is 4.30. The average Bonchev–Trinajstić information content (AvgIpc) is 2.28. The van der Waals surface area contributed by atoms with E-state index >= 15 is 0 Å². The molecule has 0 aliphatic heterocycles. The van der Waals surface area contributed by atoms with Gasteiger partial charge in [-0.3, -0.25) is 0 Å². The summed E-state index contributed by atoms with van der Waals surface area (Å²) in [6, 6.07) is 7.50. The summed E-state index contributed by atoms with van der Waals surface area (Å²) in [4.78, 5) is 11.4. The molecule has 0 unspecified atom stereocenters. The minimum Gasteiger partial charge on any atom is -0.467 e. The van der Waals surface area contributed by atoms with E-state index in [1.54, 1.807) is 0 Å². The van der Waals surface area contributed by atoms with Crippen LogP contribution >= 0.6 is 0 Å². The molecule has 3 heteroatoms. The first-order valence-electron chi connectivity index (χ1n) is 5.09. The number of hydrogen-bond donors (Lipinski definition) is 0. The third-order valence-corrected chi connectivity index (χ3v) is 2.57. The molecule has 0 aliphatic rings. The molecule has 1 aromatic carbocycles. The third kappa shape index (κ3) is 3.06. The molecule has 2 nitrogen and oxygen atoms in total. The second kappa shape index (κ2) is 5.51. The van der Waals surface area contributed by atoms with Gasteiger partial charge in [-0.15, -0.1) is 0 Å². The fraction of sp³-hybridized carbons (Fsp3) is 0.250. The predicted octanol–water partition coefficient (Wildman–Crippen LogP) is 1.59. The smallest absolute Gasteiger partial charge is 0.337 e. The van der Waals surface area contributed by atoms with Gasteiger partial charge in [0, 0.05) is 0 Å². The number of allylic oxidation sites excluding steroid dienone is 2. The standard InChI is InChI=1S/C12H16O2Si/c1-3-9(2)10-4-6-11(7-5-10)12(13)14-8-15/h3-7H,8H2,1-2,15H3/b9-3+. The number of esters is 1. The lowest BCUT2D eigenvalue weighted by Gasteiger charge is -2.04. The first kappa shape index (κ1) is 11.7. The Labute approximate surface area is 93.4 Å². The van der Waals surface area contributed by atoms with E-state index in [-0.39, 0.29) is 5.97 Å². The molecular weight excluding hydrogens is 204 g/mol. The van der Waals surface area contributed by atoms with Crippen LogP contribution in [0.2, 0.25) is 0 Å². The molecule has 0 saturated carbocycles. The second-order valence-electron chi connectivity index (χ2n) is 3.27. The maximum absolute atomic E-state index is 11.4. The molecule has 1 rings (SSSR count). The predicted molar refractivity (Wildman–Crippen MR) is 66.0 cm³/mol. The molecule has 0 amide bonds. The quantitative estimate of drug-likeness (QED) is 0.571. The normalized spacial score (nSPS) is 11.5. The van der Waals surface area contributed by atoms with E-state index in [2.05, 4.69) is 0 Å². The van der Waals surface area contributed by atoms with Crippen molar-refractivity contribution < 1.29 is 9.53 Å². The summed E-state index contributed by atoms with van der Waals surface area (Å²) in [6.45, 7) is 4.05. The Bertz CT molecular complexity index is 366. The first-order valence-corrected chi connectivity index (χ1v) is 6.51. The van der Waals surface area contributed by atoms with Gasteiger partial charge in [0.15, 0.2) is 0 Å². The lowest BCUT2D eigenvalue weighted by atomic mass is 10.1. The molecule has 0 heterocycles. The average molecular weight is 220 g/mol. The monoisotopic (exact) mass is 220 g/mol. The van der Waals surface area contributed by atoms with E-state index in [9.17, 15) is 4.79 Å². The number of carbonyl (C=O) groups excluding carboxylic acids is 1. The van der Waals surface area contributed by atoms with Crippen LogP contribution in [0.5, 0.6) is 0 Å². The Hall–Kier alpha value is -1.35. The molecule has 0 spiro atoms. The van der Waals surface area contributed by atoms with E-state index in [4.69, 9.17) is 4.74 Å². The number of carbonyl (C=O) groups is 1. The minimum atomic E-state index is -0.227. The van der Waals surface area contributed by atoms with Gasteiger partial charge >= 0.3 is 5.97 Å². The van der Waals surface area contributed by atoms with E-state index < -0.39 is 0 Å². The fourth-order valence-electron chi connectivity index (χ4n) is 1.25. The summed E-state index contributed by atoms with van der Waals surface area (Å²) in [5.41, 5.74) is 2.97. The number of ether oxygens (including phenoxy) is 1. The van der Waals surface area contributed by atoms with Crippen molar-refractivity contribution in [2.45, 2.75) is 13.8 Å². The van der Waals surface area contributed by atoms with Crippen molar-refractivity contribution in [2.24, 2.45) is 0 Å². The maximum atomic E-state index is 11.4. The van der Waals surface area contributed by atoms with E-state index in [0.717, 1.165) is 15.8 Å². The zero-order chi connectivity index (χ0) is 11.3. The van der Waals surface area contributed by atoms with Gasteiger partial charge in [-0.2, -0.15) is 0 Å². The van der Waals surface area contributed by atoms with Gasteiger partial charge in [-0.05, 0) is 37.1 Å². The van der Waals surface area contributed by atoms with Crippen molar-refractivity contribution in [3.63, 3.8) is 0 Å². The highest BCUT2D eigenvalue weighted by Gasteiger charge is 2.05. The maximum Gasteiger partial charge on any atom is 0.337 e. The molecule has 15 heavy (non-hydrogen) atoms. The van der Waals surface area contributed by atoms with Gasteiger partial charge in [0.25, 0.3) is 0 Å². The fourth-order valence-corrected chi connectivity index (χ4v) is 1.51. The van der Waals surface area contributed by atoms with Gasteiger partial charge in [0.2, 0.25) is 0 Å². The van der Waals surface area contributed by atoms with Crippen LogP contribution in [0.25, 0.3) is 5.57 Å². The highest BCUT2D eigenvalue weighted by atomic mass is 28.1. The highest BCUT2D eigenvalue weighted by Crippen LogP contribution is 2.14. The zero-order valence-electron chi connectivity index (χ0n) is 9.41. The van der Waals surface area contributed by atoms with Crippen molar-refractivity contribution in [1.29, 1.82) is 0 Å². The van der Waals surface area contributed by atoms with Gasteiger partial charge < -0.3 is 4.74 Å². The SMILES string of the molecule is C/C=C(\C)c1ccc(C(=O)OC[SiH3])cc1. The largest absolute Gasteiger partial charge is 0.467 e. The summed E-state index contributed by atoms with van der Waals surface area (Å²) < 4.78 is 4.96. The molecule has 0 bridgehead atoms. The molecule has 0 aromatic heterocycles. The summed E-state index contributed by atoms with van der Waals surface area (Å²) in [5.74, 6) is -0.227. The number of rotatable bonds is 3. The lowest BCUT2D eigenvalue weighted by molar-refractivity contribution is 0.0573. The van der Waals surface area contributed by atoms with Crippen LogP contribution in [-0.2, 0) is 4.74 Å². The van der Waals surface area contributed by atoms with Crippen molar-refractivity contribution in [1.82, 2.24) is 0 Å². The van der Waals surface area contributed by atoms with Crippen LogP contribution in [0.1, 0.15) is 29.8 Å². The Morgan fingerprint density at radius 1 is 1.33 bits per heavy atom. The molecular formula is C12H16O2Si. The van der Waals surface area contributed by atoms with Crippen molar-refractivity contribution in [3.05, 3.63) is 41.5 Å². The molecule has 1 aromatic rings. The first-order chi connectivity index (χ1) is 7.19. The van der Waals surface area contributed by atoms with Gasteiger partial charge in [0.1, 0.15) is 0 Å². The Morgan fingerprint density at radius 3 is 2.33 bits per heavy atom. The lowest BCUT2D eigenvalue weighted by Crippen LogP contribution is -2.05. The summed E-state index contributed by atoms with van der Waals surface area (Å²) in [6.07, 6.45) is 2.60. The molecule has 0 saturated heterocycles. The molecule has 0 N–H and O–H groups in total. The van der Waals surface area contributed by atoms with Gasteiger partial charge in [0.05, 0.1) is 22.0 Å². The molecule has 0 fully saturated rings. The van der Waals surface area contributed by atoms with E-state index in [1.807, 2.05) is 44.2 Å². The summed E-state index contributed by atoms with van der Waals surface area (Å²) in [7, 11) is 0.882. The topological polar surface area (TPSA) is 26.3 Å². The minimum absolute atomic E-state index is 0.227. The van der Waals surface area contributed by atoms with Crippen molar-refractivity contribution in [3.8, 4) is 0 Å². The van der Waals surface area contributed by atoms with Crippen molar-refractivity contribution >= 4 is 21.8 Å². The summed E-state index contributed by atoms with van der Waals surface area (Å²) >= 11 is 0. The zero-order valence-corrected chi connectivity index (χ0v) is 11.4. The van der Waals surface area contributed by atoms with E-state index in [1.165, 1.54) is 5.57 Å². The highest BCUT2D eigenvalue weighted by molar-refractivity contribution is 6.09. The molecule has 80 valence electrons. The Balaban J connectivity index is 2.85. The molecule has 0 aliphatic carbocycles. The van der Waals surface area contributed by atoms with Gasteiger partial charge in [-0.25, -0.2) is 4.79 Å². The molecule has 0 atom stereocenters. The van der Waals surface area contributed by atoms with Gasteiger partial charge in [-0.1, -0.05) is 18.2 Å². The van der Waals surface area contributed by atoms with Crippen LogP contribution in [-0.4, -0.2) is 22.4 Å². The van der Waals surface area contributed by atoms with E-state index in [0.29, 0.717) is 11.8 Å². The van der Waals surface area contributed by atoms with Crippen LogP contribution in [0.4, 0.5) is 0 Å². The summed E-state index contributed by atoms with van der Waals surface area (Å²) in [5, 5.41) is 0. The Morgan fingerprint density at radius 2 is 1.87 bits per heavy atom.